The van der Waals surface area contributed by atoms with Gasteiger partial charge in [0, 0.05) is 22.3 Å². The van der Waals surface area contributed by atoms with Gasteiger partial charge >= 0.3 is 0 Å². The fraction of sp³-hybridized carbons (Fsp3) is 0. The summed E-state index contributed by atoms with van der Waals surface area (Å²) < 4.78 is 0. The topological polar surface area (TPSA) is 38.7 Å². The molecule has 1 aromatic heterocycles. The van der Waals surface area contributed by atoms with E-state index in [1.165, 1.54) is 11.1 Å². The lowest BCUT2D eigenvalue weighted by Gasteiger charge is -2.17. The predicted molar refractivity (Wildman–Crippen MR) is 190 cm³/mol. The molecule has 46 heavy (non-hydrogen) atoms. The average molecular weight is 588 g/mol. The molecule has 0 amide bonds. The highest BCUT2D eigenvalue weighted by Crippen LogP contribution is 2.41. The maximum Gasteiger partial charge on any atom is 0.164 e. The highest BCUT2D eigenvalue weighted by Gasteiger charge is 2.20. The van der Waals surface area contributed by atoms with Crippen LogP contribution in [0.4, 0.5) is 0 Å². The van der Waals surface area contributed by atoms with Crippen LogP contribution in [0.25, 0.3) is 78.3 Å². The van der Waals surface area contributed by atoms with Gasteiger partial charge in [-0.2, -0.15) is 0 Å². The van der Waals surface area contributed by atoms with Gasteiger partial charge in [0.05, 0.1) is 0 Å². The first kappa shape index (κ1) is 27.4. The molecule has 0 N–H and O–H groups in total. The van der Waals surface area contributed by atoms with Crippen LogP contribution in [0.3, 0.4) is 0 Å². The summed E-state index contributed by atoms with van der Waals surface area (Å²) in [5.74, 6) is 1.92. The Bertz CT molecular complexity index is 2280. The van der Waals surface area contributed by atoms with E-state index >= 15 is 0 Å². The van der Waals surface area contributed by atoms with Crippen LogP contribution in [0.1, 0.15) is 0 Å². The molecule has 8 rings (SSSR count). The van der Waals surface area contributed by atoms with E-state index in [2.05, 4.69) is 140 Å². The van der Waals surface area contributed by atoms with Crippen LogP contribution in [0, 0.1) is 0 Å². The first-order valence-electron chi connectivity index (χ1n) is 15.5. The first-order chi connectivity index (χ1) is 22.8. The van der Waals surface area contributed by atoms with Gasteiger partial charge in [-0.3, -0.25) is 0 Å². The highest BCUT2D eigenvalue weighted by molar-refractivity contribution is 6.04. The summed E-state index contributed by atoms with van der Waals surface area (Å²) in [6.45, 7) is 0. The maximum atomic E-state index is 5.25. The van der Waals surface area contributed by atoms with Crippen LogP contribution in [-0.2, 0) is 0 Å². The molecule has 0 unspecified atom stereocenters. The Hall–Kier alpha value is -6.19. The van der Waals surface area contributed by atoms with Gasteiger partial charge in [0.2, 0.25) is 0 Å². The fourth-order valence-corrected chi connectivity index (χ4v) is 6.21. The number of aromatic nitrogens is 3. The third kappa shape index (κ3) is 5.14. The van der Waals surface area contributed by atoms with E-state index in [-0.39, 0.29) is 0 Å². The molecule has 0 saturated carbocycles. The van der Waals surface area contributed by atoms with Crippen molar-refractivity contribution in [2.45, 2.75) is 0 Å². The van der Waals surface area contributed by atoms with Crippen molar-refractivity contribution in [2.24, 2.45) is 0 Å². The molecule has 0 bridgehead atoms. The zero-order valence-corrected chi connectivity index (χ0v) is 25.1. The van der Waals surface area contributed by atoms with E-state index in [0.717, 1.165) is 49.7 Å². The number of hydrogen-bond donors (Lipinski definition) is 0. The number of hydrogen-bond acceptors (Lipinski definition) is 3. The SMILES string of the molecule is c1ccc(-c2nc(-c3cccc(-c4ccccc4)c3-c3ccccc3)nc(-c3ccc(-c4ccccc4)c4ccccc34)n2)cc1. The van der Waals surface area contributed by atoms with Gasteiger partial charge in [0.25, 0.3) is 0 Å². The third-order valence-electron chi connectivity index (χ3n) is 8.37. The van der Waals surface area contributed by atoms with Crippen molar-refractivity contribution in [3.05, 3.63) is 176 Å². The molecule has 3 nitrogen and oxygen atoms in total. The summed E-state index contributed by atoms with van der Waals surface area (Å²) in [6.07, 6.45) is 0. The third-order valence-corrected chi connectivity index (χ3v) is 8.37. The summed E-state index contributed by atoms with van der Waals surface area (Å²) in [7, 11) is 0. The first-order valence-corrected chi connectivity index (χ1v) is 15.5. The summed E-state index contributed by atoms with van der Waals surface area (Å²) in [6, 6.07) is 61.0. The van der Waals surface area contributed by atoms with E-state index in [0.29, 0.717) is 17.5 Å². The Morgan fingerprint density at radius 3 is 1.26 bits per heavy atom. The molecule has 8 aromatic rings. The molecule has 0 spiro atoms. The van der Waals surface area contributed by atoms with Crippen LogP contribution in [0.2, 0.25) is 0 Å². The number of nitrogens with zero attached hydrogens (tertiary/aromatic N) is 3. The highest BCUT2D eigenvalue weighted by atomic mass is 15.0. The second kappa shape index (κ2) is 12.1. The smallest absolute Gasteiger partial charge is 0.164 e. The molecule has 3 heteroatoms. The molecule has 0 aliphatic heterocycles. The molecule has 0 fully saturated rings. The molecule has 0 atom stereocenters. The molecule has 0 radical (unpaired) electrons. The van der Waals surface area contributed by atoms with Gasteiger partial charge in [-0.1, -0.05) is 170 Å². The van der Waals surface area contributed by atoms with E-state index in [1.807, 2.05) is 36.4 Å². The molecule has 0 aliphatic rings. The molecule has 1 heterocycles. The zero-order chi connectivity index (χ0) is 30.7. The minimum atomic E-state index is 0.636. The minimum Gasteiger partial charge on any atom is -0.208 e. The second-order valence-corrected chi connectivity index (χ2v) is 11.2. The molecule has 216 valence electrons. The van der Waals surface area contributed by atoms with Gasteiger partial charge in [-0.15, -0.1) is 0 Å². The fourth-order valence-electron chi connectivity index (χ4n) is 6.21. The standard InChI is InChI=1S/C43H29N3/c1-5-16-30(17-6-1)34-28-29-38(37-25-14-13-24-36(34)37)42-44-41(33-22-11-4-12-23-33)45-43(46-42)39-27-15-26-35(31-18-7-2-8-19-31)40(39)32-20-9-3-10-21-32/h1-29H. The van der Waals surface area contributed by atoms with Crippen LogP contribution < -0.4 is 0 Å². The normalized spacial score (nSPS) is 11.0. The monoisotopic (exact) mass is 587 g/mol. The van der Waals surface area contributed by atoms with Crippen molar-refractivity contribution in [3.63, 3.8) is 0 Å². The molecule has 0 aliphatic carbocycles. The quantitative estimate of drug-likeness (QED) is 0.194. The molecular weight excluding hydrogens is 558 g/mol. The Kier molecular flexibility index (Phi) is 7.18. The molecule has 7 aromatic carbocycles. The summed E-state index contributed by atoms with van der Waals surface area (Å²) >= 11 is 0. The van der Waals surface area contributed by atoms with Crippen LogP contribution in [0.15, 0.2) is 176 Å². The van der Waals surface area contributed by atoms with Crippen molar-refractivity contribution in [2.75, 3.05) is 0 Å². The lowest BCUT2D eigenvalue weighted by Crippen LogP contribution is -2.02. The lowest BCUT2D eigenvalue weighted by atomic mass is 9.90. The van der Waals surface area contributed by atoms with Crippen molar-refractivity contribution < 1.29 is 0 Å². The van der Waals surface area contributed by atoms with E-state index in [9.17, 15) is 0 Å². The Morgan fingerprint density at radius 1 is 0.239 bits per heavy atom. The van der Waals surface area contributed by atoms with Crippen LogP contribution in [0.5, 0.6) is 0 Å². The van der Waals surface area contributed by atoms with E-state index < -0.39 is 0 Å². The average Bonchev–Trinajstić information content (AvgIpc) is 3.15. The molecule has 0 saturated heterocycles. The Balaban J connectivity index is 1.40. The summed E-state index contributed by atoms with van der Waals surface area (Å²) in [4.78, 5) is 15.5. The van der Waals surface area contributed by atoms with Gasteiger partial charge in [0.1, 0.15) is 0 Å². The van der Waals surface area contributed by atoms with Crippen molar-refractivity contribution >= 4 is 10.8 Å². The van der Waals surface area contributed by atoms with Crippen molar-refractivity contribution in [3.8, 4) is 67.5 Å². The predicted octanol–water partition coefficient (Wildman–Crippen LogP) is 11.0. The minimum absolute atomic E-state index is 0.636. The summed E-state index contributed by atoms with van der Waals surface area (Å²) in [5, 5.41) is 2.26. The molecular formula is C43H29N3. The zero-order valence-electron chi connectivity index (χ0n) is 25.1. The Morgan fingerprint density at radius 2 is 0.652 bits per heavy atom. The van der Waals surface area contributed by atoms with Crippen molar-refractivity contribution in [1.29, 1.82) is 0 Å². The maximum absolute atomic E-state index is 5.25. The van der Waals surface area contributed by atoms with Gasteiger partial charge in [-0.25, -0.2) is 15.0 Å². The van der Waals surface area contributed by atoms with Gasteiger partial charge in [0.15, 0.2) is 17.5 Å². The van der Waals surface area contributed by atoms with Gasteiger partial charge in [-0.05, 0) is 44.7 Å². The number of fused-ring (bicyclic) bond motifs is 1. The van der Waals surface area contributed by atoms with Crippen molar-refractivity contribution in [1.82, 2.24) is 15.0 Å². The van der Waals surface area contributed by atoms with Crippen LogP contribution >= 0.6 is 0 Å². The van der Waals surface area contributed by atoms with E-state index in [1.54, 1.807) is 0 Å². The van der Waals surface area contributed by atoms with Gasteiger partial charge < -0.3 is 0 Å². The lowest BCUT2D eigenvalue weighted by molar-refractivity contribution is 1.08. The van der Waals surface area contributed by atoms with E-state index in [4.69, 9.17) is 15.0 Å². The largest absolute Gasteiger partial charge is 0.208 e. The number of rotatable bonds is 6. The Labute approximate surface area is 268 Å². The number of benzene rings is 7. The second-order valence-electron chi connectivity index (χ2n) is 11.2. The van der Waals surface area contributed by atoms with Crippen LogP contribution in [-0.4, -0.2) is 15.0 Å². The summed E-state index contributed by atoms with van der Waals surface area (Å²) in [5.41, 5.74) is 9.70.